The molecule has 0 aliphatic carbocycles. The Kier molecular flexibility index (Phi) is 4.70. The monoisotopic (exact) mass is 234 g/mol. The highest BCUT2D eigenvalue weighted by Crippen LogP contribution is 2.20. The molecule has 3 heteroatoms. The van der Waals surface area contributed by atoms with Gasteiger partial charge in [0.05, 0.1) is 5.92 Å². The molecule has 17 heavy (non-hydrogen) atoms. The molecule has 0 heterocycles. The molecule has 1 rings (SSSR count). The van der Waals surface area contributed by atoms with Crippen LogP contribution in [0.1, 0.15) is 25.0 Å². The van der Waals surface area contributed by atoms with Crippen LogP contribution in [0.25, 0.3) is 0 Å². The quantitative estimate of drug-likeness (QED) is 0.841. The Labute approximate surface area is 103 Å². The maximum Gasteiger partial charge on any atom is 0.229 e. The second-order valence-corrected chi connectivity index (χ2v) is 4.82. The van der Waals surface area contributed by atoms with Gasteiger partial charge in [0.25, 0.3) is 0 Å². The molecule has 1 aromatic carbocycles. The van der Waals surface area contributed by atoms with Crippen LogP contribution in [-0.2, 0) is 4.79 Å². The summed E-state index contributed by atoms with van der Waals surface area (Å²) in [5, 5.41) is 2.96. The summed E-state index contributed by atoms with van der Waals surface area (Å²) in [5.74, 6) is 0.135. The lowest BCUT2D eigenvalue weighted by Gasteiger charge is -2.19. The molecule has 0 fully saturated rings. The third-order valence-corrected chi connectivity index (χ3v) is 3.26. The lowest BCUT2D eigenvalue weighted by atomic mass is 9.95. The lowest BCUT2D eigenvalue weighted by molar-refractivity contribution is -0.120. The van der Waals surface area contributed by atoms with Gasteiger partial charge >= 0.3 is 0 Å². The van der Waals surface area contributed by atoms with Crippen LogP contribution in [0, 0.1) is 25.7 Å². The topological polar surface area (TPSA) is 55.1 Å². The number of carbonyl (C=O) groups excluding carboxylic acids is 1. The predicted octanol–water partition coefficient (Wildman–Crippen LogP) is 2.47. The number of carbonyl (C=O) groups is 1. The van der Waals surface area contributed by atoms with Crippen LogP contribution >= 0.6 is 0 Å². The van der Waals surface area contributed by atoms with E-state index in [-0.39, 0.29) is 17.7 Å². The second kappa shape index (κ2) is 5.82. The Balaban J connectivity index is 2.84. The zero-order valence-corrected chi connectivity index (χ0v) is 11.1. The Morgan fingerprint density at radius 1 is 1.35 bits per heavy atom. The van der Waals surface area contributed by atoms with E-state index in [4.69, 9.17) is 5.73 Å². The Morgan fingerprint density at radius 3 is 2.53 bits per heavy atom. The third-order valence-electron chi connectivity index (χ3n) is 3.26. The minimum absolute atomic E-state index is 0.0104. The summed E-state index contributed by atoms with van der Waals surface area (Å²) in [6.07, 6.45) is 0. The van der Waals surface area contributed by atoms with Crippen LogP contribution in [0.5, 0.6) is 0 Å². The molecule has 0 saturated heterocycles. The van der Waals surface area contributed by atoms with E-state index in [1.54, 1.807) is 0 Å². The maximum atomic E-state index is 12.1. The predicted molar refractivity (Wildman–Crippen MR) is 71.9 cm³/mol. The molecular weight excluding hydrogens is 212 g/mol. The number of amides is 1. The van der Waals surface area contributed by atoms with Crippen molar-refractivity contribution in [2.24, 2.45) is 17.6 Å². The SMILES string of the molecule is Cc1cccc(NC(=O)C(CN)C(C)C)c1C. The number of nitrogens with one attached hydrogen (secondary N) is 1. The molecule has 1 unspecified atom stereocenters. The number of hydrogen-bond donors (Lipinski definition) is 2. The van der Waals surface area contributed by atoms with Crippen molar-refractivity contribution < 1.29 is 4.79 Å². The van der Waals surface area contributed by atoms with Gasteiger partial charge in [-0.15, -0.1) is 0 Å². The van der Waals surface area contributed by atoms with Gasteiger partial charge in [0.1, 0.15) is 0 Å². The molecule has 0 radical (unpaired) electrons. The normalized spacial score (nSPS) is 12.6. The van der Waals surface area contributed by atoms with E-state index >= 15 is 0 Å². The molecule has 3 nitrogen and oxygen atoms in total. The summed E-state index contributed by atoms with van der Waals surface area (Å²) in [6, 6.07) is 5.91. The summed E-state index contributed by atoms with van der Waals surface area (Å²) in [5.41, 5.74) is 8.81. The molecule has 94 valence electrons. The highest BCUT2D eigenvalue weighted by Gasteiger charge is 2.20. The van der Waals surface area contributed by atoms with Crippen LogP contribution < -0.4 is 11.1 Å². The first-order valence-electron chi connectivity index (χ1n) is 6.04. The minimum atomic E-state index is -0.130. The summed E-state index contributed by atoms with van der Waals surface area (Å²) >= 11 is 0. The molecule has 1 amide bonds. The smallest absolute Gasteiger partial charge is 0.229 e. The largest absolute Gasteiger partial charge is 0.330 e. The van der Waals surface area contributed by atoms with Gasteiger partial charge in [-0.2, -0.15) is 0 Å². The maximum absolute atomic E-state index is 12.1. The Hall–Kier alpha value is -1.35. The fourth-order valence-corrected chi connectivity index (χ4v) is 1.79. The molecule has 0 aliphatic rings. The van der Waals surface area contributed by atoms with Crippen LogP contribution in [0.2, 0.25) is 0 Å². The van der Waals surface area contributed by atoms with E-state index in [0.29, 0.717) is 6.54 Å². The van der Waals surface area contributed by atoms with Crippen LogP contribution in [0.3, 0.4) is 0 Å². The van der Waals surface area contributed by atoms with E-state index in [2.05, 4.69) is 5.32 Å². The number of nitrogens with two attached hydrogens (primary N) is 1. The van der Waals surface area contributed by atoms with E-state index in [0.717, 1.165) is 11.3 Å². The molecule has 0 saturated carbocycles. The van der Waals surface area contributed by atoms with Crippen molar-refractivity contribution in [3.8, 4) is 0 Å². The summed E-state index contributed by atoms with van der Waals surface area (Å²) in [6.45, 7) is 8.46. The van der Waals surface area contributed by atoms with Gasteiger partial charge in [0.15, 0.2) is 0 Å². The number of rotatable bonds is 4. The average molecular weight is 234 g/mol. The van der Waals surface area contributed by atoms with Gasteiger partial charge in [-0.3, -0.25) is 4.79 Å². The first-order chi connectivity index (χ1) is 7.97. The van der Waals surface area contributed by atoms with Crippen molar-refractivity contribution in [3.05, 3.63) is 29.3 Å². The van der Waals surface area contributed by atoms with Crippen molar-refractivity contribution in [2.45, 2.75) is 27.7 Å². The summed E-state index contributed by atoms with van der Waals surface area (Å²) in [7, 11) is 0. The first kappa shape index (κ1) is 13.7. The molecule has 0 spiro atoms. The van der Waals surface area contributed by atoms with E-state index in [9.17, 15) is 4.79 Å². The lowest BCUT2D eigenvalue weighted by Crippen LogP contribution is -2.33. The number of benzene rings is 1. The first-order valence-corrected chi connectivity index (χ1v) is 6.04. The van der Waals surface area contributed by atoms with Gasteiger partial charge in [-0.25, -0.2) is 0 Å². The number of anilines is 1. The van der Waals surface area contributed by atoms with Crippen LogP contribution in [-0.4, -0.2) is 12.5 Å². The molecule has 1 aromatic rings. The average Bonchev–Trinajstić information content (AvgIpc) is 2.25. The van der Waals surface area contributed by atoms with Crippen LogP contribution in [0.4, 0.5) is 5.69 Å². The van der Waals surface area contributed by atoms with E-state index in [1.807, 2.05) is 45.9 Å². The number of aryl methyl sites for hydroxylation is 1. The minimum Gasteiger partial charge on any atom is -0.330 e. The van der Waals surface area contributed by atoms with Gasteiger partial charge < -0.3 is 11.1 Å². The van der Waals surface area contributed by atoms with Gasteiger partial charge in [0, 0.05) is 12.2 Å². The van der Waals surface area contributed by atoms with E-state index < -0.39 is 0 Å². The summed E-state index contributed by atoms with van der Waals surface area (Å²) < 4.78 is 0. The molecule has 0 bridgehead atoms. The Morgan fingerprint density at radius 2 is 2.00 bits per heavy atom. The third kappa shape index (κ3) is 3.30. The molecule has 0 aliphatic heterocycles. The molecule has 3 N–H and O–H groups in total. The molecule has 0 aromatic heterocycles. The van der Waals surface area contributed by atoms with Gasteiger partial charge in [-0.1, -0.05) is 26.0 Å². The van der Waals surface area contributed by atoms with E-state index in [1.165, 1.54) is 5.56 Å². The van der Waals surface area contributed by atoms with Crippen molar-refractivity contribution in [1.82, 2.24) is 0 Å². The standard InChI is InChI=1S/C14H22N2O/c1-9(2)12(8-15)14(17)16-13-7-5-6-10(3)11(13)4/h5-7,9,12H,8,15H2,1-4H3,(H,16,17). The van der Waals surface area contributed by atoms with Crippen molar-refractivity contribution >= 4 is 11.6 Å². The number of hydrogen-bond acceptors (Lipinski definition) is 2. The zero-order chi connectivity index (χ0) is 13.0. The fourth-order valence-electron chi connectivity index (χ4n) is 1.79. The van der Waals surface area contributed by atoms with Crippen LogP contribution in [0.15, 0.2) is 18.2 Å². The highest BCUT2D eigenvalue weighted by molar-refractivity contribution is 5.93. The second-order valence-electron chi connectivity index (χ2n) is 4.82. The van der Waals surface area contributed by atoms with Gasteiger partial charge in [0.2, 0.25) is 5.91 Å². The zero-order valence-electron chi connectivity index (χ0n) is 11.1. The Bertz CT molecular complexity index is 399. The van der Waals surface area contributed by atoms with Crippen molar-refractivity contribution in [3.63, 3.8) is 0 Å². The summed E-state index contributed by atoms with van der Waals surface area (Å²) in [4.78, 5) is 12.1. The van der Waals surface area contributed by atoms with Crippen molar-refractivity contribution in [2.75, 3.05) is 11.9 Å². The van der Waals surface area contributed by atoms with Gasteiger partial charge in [-0.05, 0) is 37.0 Å². The molecule has 1 atom stereocenters. The molecular formula is C14H22N2O. The fraction of sp³-hybridized carbons (Fsp3) is 0.500. The highest BCUT2D eigenvalue weighted by atomic mass is 16.1. The van der Waals surface area contributed by atoms with Crippen molar-refractivity contribution in [1.29, 1.82) is 0 Å².